The van der Waals surface area contributed by atoms with Crippen molar-refractivity contribution in [1.29, 1.82) is 0 Å². The van der Waals surface area contributed by atoms with Crippen LogP contribution < -0.4 is 5.32 Å². The third kappa shape index (κ3) is 4.48. The number of rotatable bonds is 4. The number of nitrogens with one attached hydrogen (secondary N) is 1. The minimum Gasteiger partial charge on any atom is -0.336 e. The fourth-order valence-electron chi connectivity index (χ4n) is 2.89. The lowest BCUT2D eigenvalue weighted by atomic mass is 10.1. The molecule has 8 heteroatoms. The topological polar surface area (TPSA) is 95.8 Å². The average Bonchev–Trinajstić information content (AvgIpc) is 2.68. The first-order valence-electron chi connectivity index (χ1n) is 8.58. The number of piperazine rings is 1. The molecule has 1 aliphatic heterocycles. The molecule has 0 bridgehead atoms. The predicted molar refractivity (Wildman–Crippen MR) is 101 cm³/mol. The van der Waals surface area contributed by atoms with E-state index in [2.05, 4.69) is 10.2 Å². The van der Waals surface area contributed by atoms with Crippen LogP contribution in [0.3, 0.4) is 0 Å². The van der Waals surface area contributed by atoms with Crippen molar-refractivity contribution in [3.05, 3.63) is 69.8 Å². The van der Waals surface area contributed by atoms with Crippen molar-refractivity contribution >= 4 is 23.2 Å². The van der Waals surface area contributed by atoms with Crippen LogP contribution in [-0.4, -0.2) is 59.8 Å². The highest BCUT2D eigenvalue weighted by atomic mass is 16.6. The van der Waals surface area contributed by atoms with E-state index in [1.54, 1.807) is 29.2 Å². The number of hydrogen-bond donors (Lipinski definition) is 1. The zero-order chi connectivity index (χ0) is 19.4. The first kappa shape index (κ1) is 18.5. The summed E-state index contributed by atoms with van der Waals surface area (Å²) in [5, 5.41) is 13.5. The monoisotopic (exact) mass is 368 g/mol. The first-order chi connectivity index (χ1) is 12.9. The molecule has 1 saturated heterocycles. The van der Waals surface area contributed by atoms with Crippen LogP contribution in [0.5, 0.6) is 0 Å². The lowest BCUT2D eigenvalue weighted by Gasteiger charge is -2.32. The molecule has 1 heterocycles. The number of amides is 2. The molecule has 3 rings (SSSR count). The molecule has 0 unspecified atom stereocenters. The van der Waals surface area contributed by atoms with E-state index >= 15 is 0 Å². The molecule has 8 nitrogen and oxygen atoms in total. The number of non-ortho nitro benzene ring substituents is 1. The molecule has 2 amide bonds. The summed E-state index contributed by atoms with van der Waals surface area (Å²) >= 11 is 0. The molecule has 0 radical (unpaired) electrons. The molecule has 140 valence electrons. The molecule has 0 aliphatic carbocycles. The molecular weight excluding hydrogens is 348 g/mol. The Kier molecular flexibility index (Phi) is 5.46. The number of carbonyl (C=O) groups excluding carboxylic acids is 2. The van der Waals surface area contributed by atoms with Gasteiger partial charge in [0.15, 0.2) is 0 Å². The van der Waals surface area contributed by atoms with Crippen LogP contribution in [0.15, 0.2) is 48.5 Å². The zero-order valence-electron chi connectivity index (χ0n) is 14.9. The standard InChI is InChI=1S/C19H20N4O4/c1-21-8-10-22(11-9-21)19(25)15-5-2-6-16(12-15)20-18(24)14-4-3-7-17(13-14)23(26)27/h2-7,12-13H,8-11H2,1H3,(H,20,24). The highest BCUT2D eigenvalue weighted by Crippen LogP contribution is 2.17. The average molecular weight is 368 g/mol. The van der Waals surface area contributed by atoms with Gasteiger partial charge >= 0.3 is 0 Å². The molecule has 1 N–H and O–H groups in total. The summed E-state index contributed by atoms with van der Waals surface area (Å²) in [6.45, 7) is 2.99. The summed E-state index contributed by atoms with van der Waals surface area (Å²) < 4.78 is 0. The lowest BCUT2D eigenvalue weighted by Crippen LogP contribution is -2.47. The van der Waals surface area contributed by atoms with Crippen LogP contribution in [0.1, 0.15) is 20.7 Å². The van der Waals surface area contributed by atoms with Crippen molar-refractivity contribution in [2.24, 2.45) is 0 Å². The predicted octanol–water partition coefficient (Wildman–Crippen LogP) is 2.23. The molecule has 0 saturated carbocycles. The van der Waals surface area contributed by atoms with E-state index < -0.39 is 10.8 Å². The van der Waals surface area contributed by atoms with Crippen LogP contribution in [0.4, 0.5) is 11.4 Å². The molecule has 1 aliphatic rings. The summed E-state index contributed by atoms with van der Waals surface area (Å²) in [5.41, 5.74) is 0.990. The number of nitro benzene ring substituents is 1. The second kappa shape index (κ2) is 7.96. The van der Waals surface area contributed by atoms with Crippen molar-refractivity contribution in [3.63, 3.8) is 0 Å². The van der Waals surface area contributed by atoms with Gasteiger partial charge in [0.05, 0.1) is 4.92 Å². The summed E-state index contributed by atoms with van der Waals surface area (Å²) in [6, 6.07) is 12.2. The van der Waals surface area contributed by atoms with Crippen molar-refractivity contribution in [2.75, 3.05) is 38.5 Å². The van der Waals surface area contributed by atoms with Crippen molar-refractivity contribution in [2.45, 2.75) is 0 Å². The maximum absolute atomic E-state index is 12.7. The van der Waals surface area contributed by atoms with Crippen LogP contribution >= 0.6 is 0 Å². The van der Waals surface area contributed by atoms with Crippen LogP contribution in [0.25, 0.3) is 0 Å². The SMILES string of the molecule is CN1CCN(C(=O)c2cccc(NC(=O)c3cccc([N+](=O)[O-])c3)c2)CC1. The fraction of sp³-hybridized carbons (Fsp3) is 0.263. The van der Waals surface area contributed by atoms with E-state index in [0.717, 1.165) is 13.1 Å². The summed E-state index contributed by atoms with van der Waals surface area (Å²) in [5.74, 6) is -0.544. The van der Waals surface area contributed by atoms with Gasteiger partial charge in [-0.15, -0.1) is 0 Å². The molecule has 2 aromatic rings. The maximum atomic E-state index is 12.7. The van der Waals surface area contributed by atoms with E-state index in [4.69, 9.17) is 0 Å². The molecule has 0 spiro atoms. The zero-order valence-corrected chi connectivity index (χ0v) is 14.9. The van der Waals surface area contributed by atoms with E-state index in [0.29, 0.717) is 24.3 Å². The van der Waals surface area contributed by atoms with Gasteiger partial charge in [0.25, 0.3) is 17.5 Å². The van der Waals surface area contributed by atoms with Crippen molar-refractivity contribution in [1.82, 2.24) is 9.80 Å². The molecular formula is C19H20N4O4. The molecule has 27 heavy (non-hydrogen) atoms. The van der Waals surface area contributed by atoms with E-state index in [1.807, 2.05) is 7.05 Å². The number of anilines is 1. The fourth-order valence-corrected chi connectivity index (χ4v) is 2.89. The van der Waals surface area contributed by atoms with Gasteiger partial charge in [-0.3, -0.25) is 19.7 Å². The Morgan fingerprint density at radius 2 is 1.67 bits per heavy atom. The minimum atomic E-state index is -0.549. The van der Waals surface area contributed by atoms with E-state index in [-0.39, 0.29) is 17.2 Å². The lowest BCUT2D eigenvalue weighted by molar-refractivity contribution is -0.384. The molecule has 1 fully saturated rings. The van der Waals surface area contributed by atoms with Crippen molar-refractivity contribution < 1.29 is 14.5 Å². The highest BCUT2D eigenvalue weighted by molar-refractivity contribution is 6.05. The Hall–Kier alpha value is -3.26. The Balaban J connectivity index is 1.72. The van der Waals surface area contributed by atoms with Gasteiger partial charge in [0.2, 0.25) is 0 Å². The number of likely N-dealkylation sites (N-methyl/N-ethyl adjacent to an activating group) is 1. The van der Waals surface area contributed by atoms with Crippen LogP contribution in [0.2, 0.25) is 0 Å². The Bertz CT molecular complexity index is 876. The third-order valence-corrected chi connectivity index (χ3v) is 4.48. The summed E-state index contributed by atoms with van der Waals surface area (Å²) in [4.78, 5) is 39.3. The molecule has 0 aromatic heterocycles. The number of nitrogens with zero attached hydrogens (tertiary/aromatic N) is 3. The van der Waals surface area contributed by atoms with Crippen LogP contribution in [0, 0.1) is 10.1 Å². The second-order valence-electron chi connectivity index (χ2n) is 6.44. The van der Waals surface area contributed by atoms with E-state index in [1.165, 1.54) is 24.3 Å². The number of nitro groups is 1. The highest BCUT2D eigenvalue weighted by Gasteiger charge is 2.20. The third-order valence-electron chi connectivity index (χ3n) is 4.48. The Morgan fingerprint density at radius 1 is 1.00 bits per heavy atom. The Morgan fingerprint density at radius 3 is 2.37 bits per heavy atom. The van der Waals surface area contributed by atoms with Gasteiger partial charge in [-0.25, -0.2) is 0 Å². The van der Waals surface area contributed by atoms with E-state index in [9.17, 15) is 19.7 Å². The Labute approximate surface area is 156 Å². The van der Waals surface area contributed by atoms with Crippen molar-refractivity contribution in [3.8, 4) is 0 Å². The molecule has 2 aromatic carbocycles. The maximum Gasteiger partial charge on any atom is 0.270 e. The number of benzene rings is 2. The van der Waals surface area contributed by atoms with Crippen LogP contribution in [-0.2, 0) is 0 Å². The first-order valence-corrected chi connectivity index (χ1v) is 8.58. The van der Waals surface area contributed by atoms with Gasteiger partial charge < -0.3 is 15.1 Å². The number of hydrogen-bond acceptors (Lipinski definition) is 5. The van der Waals surface area contributed by atoms with Gasteiger partial charge in [-0.05, 0) is 31.3 Å². The molecule has 0 atom stereocenters. The van der Waals surface area contributed by atoms with Gasteiger partial charge in [0, 0.05) is 55.1 Å². The smallest absolute Gasteiger partial charge is 0.270 e. The normalized spacial score (nSPS) is 14.6. The van der Waals surface area contributed by atoms with Gasteiger partial charge in [0.1, 0.15) is 0 Å². The second-order valence-corrected chi connectivity index (χ2v) is 6.44. The number of carbonyl (C=O) groups is 2. The summed E-state index contributed by atoms with van der Waals surface area (Å²) in [7, 11) is 2.02. The quantitative estimate of drug-likeness (QED) is 0.659. The van der Waals surface area contributed by atoms with Gasteiger partial charge in [-0.2, -0.15) is 0 Å². The summed E-state index contributed by atoms with van der Waals surface area (Å²) in [6.07, 6.45) is 0. The largest absolute Gasteiger partial charge is 0.336 e. The van der Waals surface area contributed by atoms with Gasteiger partial charge in [-0.1, -0.05) is 12.1 Å². The minimum absolute atomic E-state index is 0.0745.